The van der Waals surface area contributed by atoms with E-state index in [4.69, 9.17) is 19.9 Å². The summed E-state index contributed by atoms with van der Waals surface area (Å²) in [7, 11) is 3.17. The second-order valence-corrected chi connectivity index (χ2v) is 5.20. The SMILES string of the molecule is CCOC(=O)C(N)Cc1cc2cc(OC)c(OC)cc2nc1C. The van der Waals surface area contributed by atoms with Crippen LogP contribution in [0.1, 0.15) is 18.2 Å². The number of ether oxygens (including phenoxy) is 3. The summed E-state index contributed by atoms with van der Waals surface area (Å²) < 4.78 is 15.6. The maximum Gasteiger partial charge on any atom is 0.323 e. The van der Waals surface area contributed by atoms with Crippen LogP contribution in [0.5, 0.6) is 11.5 Å². The third kappa shape index (κ3) is 3.71. The number of aromatic nitrogens is 1. The first-order valence-electron chi connectivity index (χ1n) is 7.44. The van der Waals surface area contributed by atoms with Gasteiger partial charge in [-0.1, -0.05) is 0 Å². The van der Waals surface area contributed by atoms with Gasteiger partial charge >= 0.3 is 5.97 Å². The first kappa shape index (κ1) is 17.0. The summed E-state index contributed by atoms with van der Waals surface area (Å²) >= 11 is 0. The van der Waals surface area contributed by atoms with Gasteiger partial charge < -0.3 is 19.9 Å². The van der Waals surface area contributed by atoms with Gasteiger partial charge in [0, 0.05) is 23.6 Å². The zero-order chi connectivity index (χ0) is 17.0. The molecule has 0 aliphatic carbocycles. The fraction of sp³-hybridized carbons (Fsp3) is 0.412. The van der Waals surface area contributed by atoms with Crippen LogP contribution in [0.15, 0.2) is 18.2 Å². The second kappa shape index (κ2) is 7.28. The lowest BCUT2D eigenvalue weighted by Crippen LogP contribution is -2.34. The quantitative estimate of drug-likeness (QED) is 0.820. The molecule has 1 atom stereocenters. The van der Waals surface area contributed by atoms with Crippen molar-refractivity contribution < 1.29 is 19.0 Å². The molecule has 1 aromatic heterocycles. The van der Waals surface area contributed by atoms with E-state index in [1.165, 1.54) is 0 Å². The Morgan fingerprint density at radius 1 is 1.22 bits per heavy atom. The zero-order valence-electron chi connectivity index (χ0n) is 13.9. The lowest BCUT2D eigenvalue weighted by atomic mass is 10.0. The molecule has 6 nitrogen and oxygen atoms in total. The molecule has 2 N–H and O–H groups in total. The van der Waals surface area contributed by atoms with E-state index in [0.717, 1.165) is 22.2 Å². The molecule has 0 bridgehead atoms. The van der Waals surface area contributed by atoms with E-state index in [-0.39, 0.29) is 0 Å². The number of pyridine rings is 1. The van der Waals surface area contributed by atoms with Gasteiger partial charge in [0.2, 0.25) is 0 Å². The van der Waals surface area contributed by atoms with Gasteiger partial charge in [0.15, 0.2) is 11.5 Å². The fourth-order valence-corrected chi connectivity index (χ4v) is 2.42. The fourth-order valence-electron chi connectivity index (χ4n) is 2.42. The molecule has 0 aliphatic heterocycles. The summed E-state index contributed by atoms with van der Waals surface area (Å²) in [6.45, 7) is 3.97. The number of aryl methyl sites for hydroxylation is 1. The third-order valence-electron chi connectivity index (χ3n) is 3.64. The number of rotatable bonds is 6. The topological polar surface area (TPSA) is 83.7 Å². The molecule has 2 rings (SSSR count). The molecule has 0 amide bonds. The molecule has 1 heterocycles. The number of nitrogens with zero attached hydrogens (tertiary/aromatic N) is 1. The lowest BCUT2D eigenvalue weighted by Gasteiger charge is -2.14. The normalized spacial score (nSPS) is 12.0. The van der Waals surface area contributed by atoms with Crippen LogP contribution in [0, 0.1) is 6.92 Å². The highest BCUT2D eigenvalue weighted by molar-refractivity contribution is 5.84. The molecule has 0 fully saturated rings. The van der Waals surface area contributed by atoms with Crippen LogP contribution in [-0.4, -0.2) is 37.8 Å². The number of nitrogens with two attached hydrogens (primary N) is 1. The van der Waals surface area contributed by atoms with Gasteiger partial charge in [0.05, 0.1) is 26.3 Å². The number of esters is 1. The van der Waals surface area contributed by atoms with Crippen molar-refractivity contribution in [3.63, 3.8) is 0 Å². The van der Waals surface area contributed by atoms with Gasteiger partial charge in [-0.15, -0.1) is 0 Å². The highest BCUT2D eigenvalue weighted by Crippen LogP contribution is 2.32. The van der Waals surface area contributed by atoms with E-state index in [0.29, 0.717) is 24.5 Å². The number of carbonyl (C=O) groups excluding carboxylic acids is 1. The smallest absolute Gasteiger partial charge is 0.323 e. The first-order valence-corrected chi connectivity index (χ1v) is 7.44. The molecule has 0 saturated carbocycles. The zero-order valence-corrected chi connectivity index (χ0v) is 13.9. The van der Waals surface area contributed by atoms with Crippen molar-refractivity contribution in [3.8, 4) is 11.5 Å². The van der Waals surface area contributed by atoms with E-state index in [9.17, 15) is 4.79 Å². The van der Waals surface area contributed by atoms with Gasteiger partial charge in [-0.25, -0.2) is 0 Å². The molecule has 0 saturated heterocycles. The Balaban J connectivity index is 2.38. The van der Waals surface area contributed by atoms with Gasteiger partial charge in [-0.3, -0.25) is 9.78 Å². The minimum absolute atomic E-state index is 0.318. The van der Waals surface area contributed by atoms with E-state index in [1.54, 1.807) is 21.1 Å². The molecule has 124 valence electrons. The monoisotopic (exact) mass is 318 g/mol. The third-order valence-corrected chi connectivity index (χ3v) is 3.64. The van der Waals surface area contributed by atoms with Crippen LogP contribution in [0.2, 0.25) is 0 Å². The number of benzene rings is 1. The number of fused-ring (bicyclic) bond motifs is 1. The van der Waals surface area contributed by atoms with Crippen molar-refractivity contribution in [2.75, 3.05) is 20.8 Å². The van der Waals surface area contributed by atoms with Crippen molar-refractivity contribution in [3.05, 3.63) is 29.5 Å². The Hall–Kier alpha value is -2.34. The van der Waals surface area contributed by atoms with Crippen LogP contribution >= 0.6 is 0 Å². The predicted octanol–water partition coefficient (Wildman–Crippen LogP) is 1.99. The van der Waals surface area contributed by atoms with Crippen molar-refractivity contribution in [1.82, 2.24) is 4.98 Å². The van der Waals surface area contributed by atoms with Gasteiger partial charge in [0.25, 0.3) is 0 Å². The first-order chi connectivity index (χ1) is 11.0. The second-order valence-electron chi connectivity index (χ2n) is 5.20. The molecule has 0 aliphatic rings. The molecule has 1 unspecified atom stereocenters. The Morgan fingerprint density at radius 2 is 1.87 bits per heavy atom. The van der Waals surface area contributed by atoms with Gasteiger partial charge in [-0.2, -0.15) is 0 Å². The molecule has 0 radical (unpaired) electrons. The highest BCUT2D eigenvalue weighted by atomic mass is 16.5. The van der Waals surface area contributed by atoms with Crippen LogP contribution in [0.25, 0.3) is 10.9 Å². The van der Waals surface area contributed by atoms with Crippen LogP contribution in [-0.2, 0) is 16.0 Å². The maximum atomic E-state index is 11.7. The largest absolute Gasteiger partial charge is 0.493 e. The Labute approximate surface area is 135 Å². The summed E-state index contributed by atoms with van der Waals surface area (Å²) in [4.78, 5) is 16.3. The van der Waals surface area contributed by atoms with E-state index in [1.807, 2.05) is 25.1 Å². The van der Waals surface area contributed by atoms with E-state index < -0.39 is 12.0 Å². The lowest BCUT2D eigenvalue weighted by molar-refractivity contribution is -0.144. The number of hydrogen-bond donors (Lipinski definition) is 1. The van der Waals surface area contributed by atoms with Crippen molar-refractivity contribution in [2.24, 2.45) is 5.73 Å². The highest BCUT2D eigenvalue weighted by Gasteiger charge is 2.17. The van der Waals surface area contributed by atoms with Crippen molar-refractivity contribution in [1.29, 1.82) is 0 Å². The maximum absolute atomic E-state index is 11.7. The average Bonchev–Trinajstić information content (AvgIpc) is 2.54. The summed E-state index contributed by atoms with van der Waals surface area (Å²) in [5.74, 6) is 0.855. The molecular weight excluding hydrogens is 296 g/mol. The minimum atomic E-state index is -0.701. The number of hydrogen-bond acceptors (Lipinski definition) is 6. The summed E-state index contributed by atoms with van der Waals surface area (Å²) in [6.07, 6.45) is 0.377. The average molecular weight is 318 g/mol. The van der Waals surface area contributed by atoms with E-state index >= 15 is 0 Å². The van der Waals surface area contributed by atoms with Gasteiger partial charge in [-0.05, 0) is 31.5 Å². The van der Waals surface area contributed by atoms with Crippen molar-refractivity contribution >= 4 is 16.9 Å². The molecule has 2 aromatic rings. The predicted molar refractivity (Wildman–Crippen MR) is 87.9 cm³/mol. The van der Waals surface area contributed by atoms with Crippen LogP contribution < -0.4 is 15.2 Å². The summed E-state index contributed by atoms with van der Waals surface area (Å²) in [6, 6.07) is 4.96. The Morgan fingerprint density at radius 3 is 2.48 bits per heavy atom. The standard InChI is InChI=1S/C17H22N2O4/c1-5-23-17(20)13(18)7-11-6-12-8-15(21-3)16(22-4)9-14(12)19-10(11)2/h6,8-9,13H,5,7,18H2,1-4H3. The molecular formula is C17H22N2O4. The van der Waals surface area contributed by atoms with E-state index in [2.05, 4.69) is 4.98 Å². The molecule has 6 heteroatoms. The number of methoxy groups -OCH3 is 2. The van der Waals surface area contributed by atoms with Crippen LogP contribution in [0.3, 0.4) is 0 Å². The Kier molecular flexibility index (Phi) is 5.39. The van der Waals surface area contributed by atoms with Gasteiger partial charge in [0.1, 0.15) is 6.04 Å². The minimum Gasteiger partial charge on any atom is -0.493 e. The number of carbonyl (C=O) groups is 1. The summed E-state index contributed by atoms with van der Waals surface area (Å²) in [5.41, 5.74) is 8.43. The molecule has 23 heavy (non-hydrogen) atoms. The molecule has 0 spiro atoms. The van der Waals surface area contributed by atoms with Crippen LogP contribution in [0.4, 0.5) is 0 Å². The van der Waals surface area contributed by atoms with Crippen molar-refractivity contribution in [2.45, 2.75) is 26.3 Å². The molecule has 1 aromatic carbocycles. The summed E-state index contributed by atoms with van der Waals surface area (Å²) in [5, 5.41) is 0.902. The Bertz CT molecular complexity index is 715.